The molecule has 0 aromatic heterocycles. The Kier molecular flexibility index (Phi) is 7.78. The minimum atomic E-state index is -1.17. The Morgan fingerprint density at radius 1 is 1.17 bits per heavy atom. The van der Waals surface area contributed by atoms with Gasteiger partial charge in [-0.25, -0.2) is 14.8 Å². The molecule has 1 atom stereocenters. The lowest BCUT2D eigenvalue weighted by molar-refractivity contribution is -0.141. The van der Waals surface area contributed by atoms with Crippen LogP contribution in [0.2, 0.25) is 0 Å². The smallest absolute Gasteiger partial charge is 0.319 e. The van der Waals surface area contributed by atoms with Crippen molar-refractivity contribution in [3.63, 3.8) is 0 Å². The molecule has 1 fully saturated rings. The minimum Gasteiger partial charge on any atom is -0.463 e. The van der Waals surface area contributed by atoms with Gasteiger partial charge in [0.2, 0.25) is 5.91 Å². The SMILES string of the molecule is CC(=O)OCC(NC(=O)N1CC(C(=N)NC(=O)C2(S(C)(C)C)CCC2)=C(N)C1(C)C)c1ccccc1. The molecule has 0 saturated heterocycles. The molecule has 1 saturated carbocycles. The van der Waals surface area contributed by atoms with Crippen LogP contribution in [0.1, 0.15) is 51.6 Å². The van der Waals surface area contributed by atoms with Crippen molar-refractivity contribution in [2.75, 3.05) is 31.9 Å². The molecule has 3 rings (SSSR count). The van der Waals surface area contributed by atoms with E-state index >= 15 is 0 Å². The average Bonchev–Trinajstić information content (AvgIpc) is 2.98. The molecular formula is C26H39N5O4S. The third-order valence-electron chi connectivity index (χ3n) is 7.46. The quantitative estimate of drug-likeness (QED) is 0.250. The van der Waals surface area contributed by atoms with Crippen molar-refractivity contribution in [3.05, 3.63) is 47.2 Å². The van der Waals surface area contributed by atoms with Gasteiger partial charge in [-0.2, -0.15) is 0 Å². The Bertz CT molecular complexity index is 1070. The molecule has 1 aromatic rings. The van der Waals surface area contributed by atoms with Crippen molar-refractivity contribution in [2.24, 2.45) is 5.73 Å². The summed E-state index contributed by atoms with van der Waals surface area (Å²) in [5.41, 5.74) is 7.15. The number of nitrogens with zero attached hydrogens (tertiary/aromatic N) is 1. The zero-order valence-corrected chi connectivity index (χ0v) is 22.9. The number of benzene rings is 1. The molecule has 1 aliphatic heterocycles. The van der Waals surface area contributed by atoms with E-state index in [1.165, 1.54) is 11.8 Å². The summed E-state index contributed by atoms with van der Waals surface area (Å²) >= 11 is 0. The fraction of sp³-hybridized carbons (Fsp3) is 0.538. The summed E-state index contributed by atoms with van der Waals surface area (Å²) in [6.07, 6.45) is 9.05. The molecule has 1 aliphatic carbocycles. The van der Waals surface area contributed by atoms with Crippen LogP contribution in [-0.2, 0) is 14.3 Å². The van der Waals surface area contributed by atoms with Crippen LogP contribution in [0.5, 0.6) is 0 Å². The second-order valence-electron chi connectivity index (χ2n) is 10.8. The lowest BCUT2D eigenvalue weighted by atomic mass is 9.83. The average molecular weight is 518 g/mol. The minimum absolute atomic E-state index is 0.0157. The van der Waals surface area contributed by atoms with Crippen LogP contribution in [-0.4, -0.2) is 70.8 Å². The van der Waals surface area contributed by atoms with E-state index in [9.17, 15) is 14.4 Å². The topological polar surface area (TPSA) is 138 Å². The van der Waals surface area contributed by atoms with Gasteiger partial charge in [0.05, 0.1) is 22.9 Å². The maximum atomic E-state index is 13.4. The molecule has 0 bridgehead atoms. The van der Waals surface area contributed by atoms with E-state index < -0.39 is 38.4 Å². The van der Waals surface area contributed by atoms with Crippen LogP contribution < -0.4 is 16.4 Å². The van der Waals surface area contributed by atoms with Crippen molar-refractivity contribution >= 4 is 33.8 Å². The van der Waals surface area contributed by atoms with Crippen LogP contribution in [0.3, 0.4) is 0 Å². The number of hydrogen-bond acceptors (Lipinski definition) is 6. The van der Waals surface area contributed by atoms with Crippen molar-refractivity contribution in [2.45, 2.75) is 56.4 Å². The third-order valence-corrected chi connectivity index (χ3v) is 10.4. The van der Waals surface area contributed by atoms with Gasteiger partial charge in [0.15, 0.2) is 0 Å². The number of nitrogens with one attached hydrogen (secondary N) is 3. The maximum absolute atomic E-state index is 13.4. The Morgan fingerprint density at radius 2 is 1.78 bits per heavy atom. The largest absolute Gasteiger partial charge is 0.463 e. The van der Waals surface area contributed by atoms with E-state index in [1.807, 2.05) is 30.3 Å². The van der Waals surface area contributed by atoms with Crippen LogP contribution in [0.4, 0.5) is 4.79 Å². The number of esters is 1. The summed E-state index contributed by atoms with van der Waals surface area (Å²) < 4.78 is 4.76. The van der Waals surface area contributed by atoms with Gasteiger partial charge in [-0.15, -0.1) is 0 Å². The molecule has 0 radical (unpaired) electrons. The zero-order valence-electron chi connectivity index (χ0n) is 22.1. The van der Waals surface area contributed by atoms with E-state index in [1.54, 1.807) is 13.8 Å². The molecule has 0 spiro atoms. The van der Waals surface area contributed by atoms with Crippen LogP contribution in [0, 0.1) is 5.41 Å². The van der Waals surface area contributed by atoms with Gasteiger partial charge < -0.3 is 26.0 Å². The second kappa shape index (κ2) is 10.2. The lowest BCUT2D eigenvalue weighted by Crippen LogP contribution is -2.55. The summed E-state index contributed by atoms with van der Waals surface area (Å²) in [4.78, 5) is 39.6. The van der Waals surface area contributed by atoms with Gasteiger partial charge in [0.25, 0.3) is 0 Å². The fourth-order valence-electron chi connectivity index (χ4n) is 4.75. The Morgan fingerprint density at radius 3 is 2.28 bits per heavy atom. The predicted molar refractivity (Wildman–Crippen MR) is 144 cm³/mol. The highest BCUT2D eigenvalue weighted by atomic mass is 32.3. The summed E-state index contributed by atoms with van der Waals surface area (Å²) in [6.45, 7) is 4.99. The Labute approximate surface area is 215 Å². The zero-order chi connectivity index (χ0) is 26.9. The molecule has 1 unspecified atom stereocenters. The first kappa shape index (κ1) is 27.6. The molecule has 1 aromatic carbocycles. The van der Waals surface area contributed by atoms with Gasteiger partial charge >= 0.3 is 12.0 Å². The van der Waals surface area contributed by atoms with Crippen molar-refractivity contribution in [1.82, 2.24) is 15.5 Å². The van der Waals surface area contributed by atoms with Gasteiger partial charge in [-0.1, -0.05) is 30.3 Å². The summed E-state index contributed by atoms with van der Waals surface area (Å²) in [5, 5.41) is 14.4. The predicted octanol–water partition coefficient (Wildman–Crippen LogP) is 3.02. The highest BCUT2D eigenvalue weighted by molar-refractivity contribution is 8.33. The van der Waals surface area contributed by atoms with Crippen LogP contribution >= 0.6 is 10.0 Å². The monoisotopic (exact) mass is 517 g/mol. The highest BCUT2D eigenvalue weighted by Gasteiger charge is 2.51. The van der Waals surface area contributed by atoms with Crippen molar-refractivity contribution in [3.8, 4) is 0 Å². The van der Waals surface area contributed by atoms with Crippen molar-refractivity contribution < 1.29 is 19.1 Å². The molecule has 2 aliphatic rings. The normalized spacial score (nSPS) is 19.7. The van der Waals surface area contributed by atoms with Gasteiger partial charge in [-0.3, -0.25) is 15.0 Å². The highest BCUT2D eigenvalue weighted by Crippen LogP contribution is 2.60. The van der Waals surface area contributed by atoms with Gasteiger partial charge in [-0.05, 0) is 57.4 Å². The van der Waals surface area contributed by atoms with Crippen LogP contribution in [0.15, 0.2) is 41.6 Å². The molecule has 9 nitrogen and oxygen atoms in total. The first-order valence-corrected chi connectivity index (χ1v) is 14.9. The van der Waals surface area contributed by atoms with E-state index in [0.717, 1.165) is 24.8 Å². The molecule has 10 heteroatoms. The summed E-state index contributed by atoms with van der Waals surface area (Å²) in [6, 6.07) is 8.28. The number of amidine groups is 1. The van der Waals surface area contributed by atoms with Gasteiger partial charge in [0.1, 0.15) is 12.4 Å². The second-order valence-corrected chi connectivity index (χ2v) is 15.2. The molecule has 36 heavy (non-hydrogen) atoms. The molecular weight excluding hydrogens is 478 g/mol. The van der Waals surface area contributed by atoms with Gasteiger partial charge in [0, 0.05) is 18.2 Å². The molecule has 3 amide bonds. The number of ether oxygens (including phenoxy) is 1. The number of urea groups is 1. The standard InChI is InChI=1S/C26H39N5O4S/c1-17(32)35-16-20(18-11-8-7-9-12-18)29-24(34)31-15-19(21(27)25(31,2)3)22(28)30-23(33)26(13-10-14-26)36(4,5)6/h7-9,11-12,20H,10,13-16,27H2,1-6H3,(H,29,34)(H2,28,30,33). The lowest BCUT2D eigenvalue weighted by Gasteiger charge is -2.53. The fourth-order valence-corrected chi connectivity index (χ4v) is 6.87. The first-order valence-electron chi connectivity index (χ1n) is 12.0. The van der Waals surface area contributed by atoms with E-state index in [-0.39, 0.29) is 24.9 Å². The van der Waals surface area contributed by atoms with E-state index in [4.69, 9.17) is 15.9 Å². The maximum Gasteiger partial charge on any atom is 0.319 e. The first-order chi connectivity index (χ1) is 16.7. The number of rotatable bonds is 7. The van der Waals surface area contributed by atoms with Crippen molar-refractivity contribution in [1.29, 1.82) is 5.41 Å². The molecule has 198 valence electrons. The Balaban J connectivity index is 1.75. The van der Waals surface area contributed by atoms with E-state index in [0.29, 0.717) is 11.3 Å². The third kappa shape index (κ3) is 5.23. The summed E-state index contributed by atoms with van der Waals surface area (Å²) in [7, 11) is -1.17. The number of carbonyl (C=O) groups excluding carboxylic acids is 3. The number of nitrogens with two attached hydrogens (primary N) is 1. The number of hydrogen-bond donors (Lipinski definition) is 4. The molecule has 1 heterocycles. The van der Waals surface area contributed by atoms with E-state index in [2.05, 4.69) is 29.4 Å². The number of amides is 3. The van der Waals surface area contributed by atoms with Crippen LogP contribution in [0.25, 0.3) is 0 Å². The Hall–Kier alpha value is -3.01. The number of carbonyl (C=O) groups is 3. The summed E-state index contributed by atoms with van der Waals surface area (Å²) in [5.74, 6) is -0.631. The molecule has 5 N–H and O–H groups in total.